The minimum atomic E-state index is -3.62. The van der Waals surface area contributed by atoms with Gasteiger partial charge in [0.05, 0.1) is 6.21 Å². The zero-order chi connectivity index (χ0) is 14.9. The lowest BCUT2D eigenvalue weighted by atomic mass is 10.2. The van der Waals surface area contributed by atoms with Gasteiger partial charge >= 0.3 is 0 Å². The number of hydrazone groups is 1. The predicted molar refractivity (Wildman–Crippen MR) is 87.0 cm³/mol. The molecule has 0 amide bonds. The number of fused-ring (bicyclic) bond motifs is 1. The van der Waals surface area contributed by atoms with Crippen LogP contribution in [0.15, 0.2) is 63.2 Å². The van der Waals surface area contributed by atoms with Gasteiger partial charge in [0, 0.05) is 25.0 Å². The van der Waals surface area contributed by atoms with Gasteiger partial charge in [-0.1, -0.05) is 12.1 Å². The van der Waals surface area contributed by atoms with E-state index >= 15 is 0 Å². The zero-order valence-electron chi connectivity index (χ0n) is 11.6. The summed E-state index contributed by atoms with van der Waals surface area (Å²) < 4.78 is 27.7. The molecule has 22 heavy (non-hydrogen) atoms. The number of benzene rings is 1. The van der Waals surface area contributed by atoms with Crippen molar-refractivity contribution in [2.24, 2.45) is 9.50 Å². The fourth-order valence-electron chi connectivity index (χ4n) is 1.98. The lowest BCUT2D eigenvalue weighted by Crippen LogP contribution is -2.21. The maximum absolute atomic E-state index is 12.0. The Morgan fingerprint density at radius 3 is 2.55 bits per heavy atom. The smallest absolute Gasteiger partial charge is 0.265 e. The third-order valence-electron chi connectivity index (χ3n) is 3.01. The average molecular weight is 337 g/mol. The summed E-state index contributed by atoms with van der Waals surface area (Å²) in [7, 11) is -1.96. The molecule has 0 spiro atoms. The van der Waals surface area contributed by atoms with E-state index in [9.17, 15) is 8.42 Å². The molecule has 0 N–H and O–H groups in total. The number of halogens is 1. The zero-order valence-corrected chi connectivity index (χ0v) is 13.3. The molecule has 1 aromatic heterocycles. The highest BCUT2D eigenvalue weighted by Gasteiger charge is 2.30. The first-order chi connectivity index (χ1) is 10.1. The quantitative estimate of drug-likeness (QED) is 0.620. The van der Waals surface area contributed by atoms with Crippen LogP contribution in [0.3, 0.4) is 0 Å². The van der Waals surface area contributed by atoms with E-state index in [1.54, 1.807) is 62.1 Å². The van der Waals surface area contributed by atoms with Crippen LogP contribution in [-0.4, -0.2) is 37.5 Å². The summed E-state index contributed by atoms with van der Waals surface area (Å²) in [6, 6.07) is 10.3. The van der Waals surface area contributed by atoms with Crippen molar-refractivity contribution in [3.8, 4) is 0 Å². The monoisotopic (exact) mass is 336 g/mol. The maximum Gasteiger partial charge on any atom is 0.285 e. The molecule has 8 heteroatoms. The molecule has 0 aliphatic carbocycles. The Labute approximate surface area is 134 Å². The molecule has 1 aliphatic rings. The van der Waals surface area contributed by atoms with Crippen LogP contribution in [0.1, 0.15) is 11.1 Å². The van der Waals surface area contributed by atoms with Crippen molar-refractivity contribution < 1.29 is 8.42 Å². The van der Waals surface area contributed by atoms with E-state index in [2.05, 4.69) is 14.5 Å². The van der Waals surface area contributed by atoms with Gasteiger partial charge in [0.1, 0.15) is 4.90 Å². The first kappa shape index (κ1) is 16.1. The highest BCUT2D eigenvalue weighted by molar-refractivity contribution is 7.90. The highest BCUT2D eigenvalue weighted by atomic mass is 35.5. The topological polar surface area (TPSA) is 75.0 Å². The lowest BCUT2D eigenvalue weighted by Gasteiger charge is -2.12. The van der Waals surface area contributed by atoms with E-state index < -0.39 is 10.0 Å². The second-order valence-corrected chi connectivity index (χ2v) is 6.01. The van der Waals surface area contributed by atoms with Gasteiger partial charge < -0.3 is 0 Å². The molecule has 2 heterocycles. The minimum absolute atomic E-state index is 0. The number of nitrogens with zero attached hydrogens (tertiary/aromatic N) is 4. The molecule has 6 nitrogen and oxygen atoms in total. The molecule has 0 fully saturated rings. The van der Waals surface area contributed by atoms with Crippen LogP contribution in [-0.2, 0) is 10.0 Å². The van der Waals surface area contributed by atoms with E-state index in [1.807, 2.05) is 0 Å². The summed E-state index contributed by atoms with van der Waals surface area (Å²) in [5.41, 5.74) is 1.43. The van der Waals surface area contributed by atoms with Crippen LogP contribution in [0.25, 0.3) is 0 Å². The standard InChI is InChI=1S/C14H12N4O2S.ClH/c1-18(16-10-11-6-8-15-9-7-11)14-12-4-2-3-5-13(12)21(19,20)17-14;/h2-10H,1H3;1H. The summed E-state index contributed by atoms with van der Waals surface area (Å²) in [5.74, 6) is 0.316. The van der Waals surface area contributed by atoms with Gasteiger partial charge in [0.15, 0.2) is 5.84 Å². The fraction of sp³-hybridized carbons (Fsp3) is 0.0714. The van der Waals surface area contributed by atoms with Gasteiger partial charge in [-0.2, -0.15) is 13.5 Å². The number of hydrogen-bond acceptors (Lipinski definition) is 5. The van der Waals surface area contributed by atoms with Gasteiger partial charge in [0.2, 0.25) is 0 Å². The van der Waals surface area contributed by atoms with Crippen molar-refractivity contribution in [3.05, 3.63) is 59.9 Å². The maximum atomic E-state index is 12.0. The number of pyridine rings is 1. The number of hydrogen-bond donors (Lipinski definition) is 0. The number of amidine groups is 1. The van der Waals surface area contributed by atoms with Crippen LogP contribution in [0, 0.1) is 0 Å². The molecular formula is C14H13ClN4O2S. The molecule has 0 bridgehead atoms. The summed E-state index contributed by atoms with van der Waals surface area (Å²) in [4.78, 5) is 4.13. The molecule has 3 rings (SSSR count). The molecule has 0 unspecified atom stereocenters. The van der Waals surface area contributed by atoms with Crippen molar-refractivity contribution in [1.82, 2.24) is 9.99 Å². The Kier molecular flexibility index (Phi) is 4.58. The number of rotatable bonds is 2. The van der Waals surface area contributed by atoms with Gasteiger partial charge in [-0.25, -0.2) is 5.01 Å². The first-order valence-corrected chi connectivity index (χ1v) is 7.64. The predicted octanol–water partition coefficient (Wildman–Crippen LogP) is 1.92. The highest BCUT2D eigenvalue weighted by Crippen LogP contribution is 2.26. The van der Waals surface area contributed by atoms with E-state index in [0.29, 0.717) is 11.4 Å². The van der Waals surface area contributed by atoms with E-state index in [4.69, 9.17) is 0 Å². The third-order valence-corrected chi connectivity index (χ3v) is 4.33. The third kappa shape index (κ3) is 3.00. The normalized spacial score (nSPS) is 15.0. The Bertz CT molecular complexity index is 835. The summed E-state index contributed by atoms with van der Waals surface area (Å²) in [6.45, 7) is 0. The van der Waals surface area contributed by atoms with Gasteiger partial charge in [0.25, 0.3) is 10.0 Å². The second-order valence-electron chi connectivity index (χ2n) is 4.43. The van der Waals surface area contributed by atoms with Crippen LogP contribution in [0.2, 0.25) is 0 Å². The number of sulfonamides is 1. The van der Waals surface area contributed by atoms with Crippen LogP contribution >= 0.6 is 12.4 Å². The summed E-state index contributed by atoms with van der Waals surface area (Å²) >= 11 is 0. The van der Waals surface area contributed by atoms with Crippen molar-refractivity contribution in [1.29, 1.82) is 0 Å². The molecule has 1 aromatic carbocycles. The van der Waals surface area contributed by atoms with Crippen molar-refractivity contribution in [3.63, 3.8) is 0 Å². The molecular weight excluding hydrogens is 324 g/mol. The largest absolute Gasteiger partial charge is 0.285 e. The minimum Gasteiger partial charge on any atom is -0.265 e. The molecule has 0 saturated carbocycles. The van der Waals surface area contributed by atoms with Crippen LogP contribution in [0.4, 0.5) is 0 Å². The molecule has 2 aromatic rings. The van der Waals surface area contributed by atoms with Crippen LogP contribution < -0.4 is 0 Å². The Balaban J connectivity index is 0.00000176. The number of aromatic nitrogens is 1. The van der Waals surface area contributed by atoms with Crippen molar-refractivity contribution >= 4 is 34.5 Å². The van der Waals surface area contributed by atoms with Gasteiger partial charge in [-0.15, -0.1) is 16.8 Å². The Hall–Kier alpha value is -2.25. The Morgan fingerprint density at radius 2 is 1.82 bits per heavy atom. The Morgan fingerprint density at radius 1 is 1.14 bits per heavy atom. The molecule has 114 valence electrons. The second kappa shape index (κ2) is 6.25. The van der Waals surface area contributed by atoms with Crippen molar-refractivity contribution in [2.45, 2.75) is 4.90 Å². The molecule has 0 radical (unpaired) electrons. The van der Waals surface area contributed by atoms with Gasteiger partial charge in [-0.05, 0) is 29.8 Å². The van der Waals surface area contributed by atoms with E-state index in [-0.39, 0.29) is 17.3 Å². The van der Waals surface area contributed by atoms with E-state index in [1.165, 1.54) is 5.01 Å². The first-order valence-electron chi connectivity index (χ1n) is 6.20. The van der Waals surface area contributed by atoms with Crippen LogP contribution in [0.5, 0.6) is 0 Å². The fourth-order valence-corrected chi connectivity index (χ4v) is 3.21. The molecule has 1 aliphatic heterocycles. The average Bonchev–Trinajstić information content (AvgIpc) is 2.78. The summed E-state index contributed by atoms with van der Waals surface area (Å²) in [5, 5.41) is 5.67. The molecule has 0 saturated heterocycles. The molecule has 0 atom stereocenters. The van der Waals surface area contributed by atoms with Gasteiger partial charge in [-0.3, -0.25) is 4.98 Å². The van der Waals surface area contributed by atoms with Crippen molar-refractivity contribution in [2.75, 3.05) is 7.05 Å². The summed E-state index contributed by atoms with van der Waals surface area (Å²) in [6.07, 6.45) is 4.94. The van der Waals surface area contributed by atoms with E-state index in [0.717, 1.165) is 5.56 Å². The lowest BCUT2D eigenvalue weighted by molar-refractivity contribution is 0.549. The SMILES string of the molecule is CN(N=Cc1ccncc1)C1=NS(=O)(=O)c2ccccc21.Cl.